The van der Waals surface area contributed by atoms with E-state index in [0.29, 0.717) is 12.0 Å². The largest absolute Gasteiger partial charge is 0.395 e. The number of hydrogen-bond donors (Lipinski definition) is 2. The van der Waals surface area contributed by atoms with E-state index in [2.05, 4.69) is 42.3 Å². The van der Waals surface area contributed by atoms with Crippen LogP contribution >= 0.6 is 11.6 Å². The number of nitrogens with zero attached hydrogens (tertiary/aromatic N) is 1. The molecule has 1 fully saturated rings. The number of aliphatic hydroxyl groups is 1. The summed E-state index contributed by atoms with van der Waals surface area (Å²) in [6.07, 6.45) is 13.7. The molecule has 0 amide bonds. The third-order valence-corrected chi connectivity index (χ3v) is 7.58. The van der Waals surface area contributed by atoms with Crippen molar-refractivity contribution in [2.75, 3.05) is 46.5 Å². The Morgan fingerprint density at radius 2 is 2.13 bits per heavy atom. The van der Waals surface area contributed by atoms with Crippen molar-refractivity contribution in [1.82, 2.24) is 10.2 Å². The van der Waals surface area contributed by atoms with Gasteiger partial charge in [-0.25, -0.2) is 0 Å². The molecule has 4 nitrogen and oxygen atoms in total. The fraction of sp³-hybridized carbons (Fsp3) is 0.760. The second-order valence-corrected chi connectivity index (χ2v) is 10.6. The van der Waals surface area contributed by atoms with Crippen LogP contribution < -0.4 is 5.32 Å². The molecule has 170 valence electrons. The van der Waals surface area contributed by atoms with Crippen molar-refractivity contribution in [1.29, 1.82) is 0 Å². The van der Waals surface area contributed by atoms with E-state index < -0.39 is 0 Å². The van der Waals surface area contributed by atoms with E-state index in [-0.39, 0.29) is 12.6 Å². The third kappa shape index (κ3) is 6.67. The minimum absolute atomic E-state index is 0.107. The molecule has 3 atom stereocenters. The van der Waals surface area contributed by atoms with Gasteiger partial charge in [0.1, 0.15) is 0 Å². The summed E-state index contributed by atoms with van der Waals surface area (Å²) in [6.45, 7) is 9.70. The zero-order valence-corrected chi connectivity index (χ0v) is 19.9. The number of rotatable bonds is 9. The highest BCUT2D eigenvalue weighted by Crippen LogP contribution is 2.44. The number of aliphatic hydroxyl groups excluding tert-OH is 1. The van der Waals surface area contributed by atoms with E-state index in [0.717, 1.165) is 68.7 Å². The second kappa shape index (κ2) is 11.3. The first-order valence-corrected chi connectivity index (χ1v) is 12.1. The molecule has 30 heavy (non-hydrogen) atoms. The first-order chi connectivity index (χ1) is 14.4. The van der Waals surface area contributed by atoms with Crippen LogP contribution in [0.2, 0.25) is 0 Å². The first kappa shape index (κ1) is 24.0. The minimum atomic E-state index is 0.107. The van der Waals surface area contributed by atoms with Crippen LogP contribution in [0.1, 0.15) is 52.4 Å². The van der Waals surface area contributed by atoms with Gasteiger partial charge in [-0.05, 0) is 73.5 Å². The molecule has 3 aliphatic rings. The summed E-state index contributed by atoms with van der Waals surface area (Å²) in [7, 11) is 1.75. The molecule has 1 saturated heterocycles. The quantitative estimate of drug-likeness (QED) is 0.558. The normalized spacial score (nSPS) is 28.5. The zero-order chi connectivity index (χ0) is 21.6. The Bertz CT molecular complexity index is 656. The average Bonchev–Trinajstić information content (AvgIpc) is 2.72. The van der Waals surface area contributed by atoms with Gasteiger partial charge in [-0.1, -0.05) is 43.7 Å². The molecule has 3 rings (SSSR count). The second-order valence-electron chi connectivity index (χ2n) is 10.1. The molecule has 2 aliphatic carbocycles. The van der Waals surface area contributed by atoms with E-state index in [1.165, 1.54) is 24.0 Å². The molecule has 1 heterocycles. The predicted octanol–water partition coefficient (Wildman–Crippen LogP) is 4.50. The number of nitrogens with one attached hydrogen (secondary N) is 1. The summed E-state index contributed by atoms with van der Waals surface area (Å²) < 4.78 is 5.28. The predicted molar refractivity (Wildman–Crippen MR) is 126 cm³/mol. The highest BCUT2D eigenvalue weighted by atomic mass is 35.5. The number of likely N-dealkylation sites (tertiary alicyclic amines) is 1. The van der Waals surface area contributed by atoms with Crippen LogP contribution in [0, 0.1) is 17.3 Å². The summed E-state index contributed by atoms with van der Waals surface area (Å²) in [5, 5.41) is 14.6. The van der Waals surface area contributed by atoms with Gasteiger partial charge >= 0.3 is 0 Å². The number of halogens is 1. The fourth-order valence-corrected chi connectivity index (χ4v) is 5.92. The molecule has 0 saturated carbocycles. The Balaban J connectivity index is 1.49. The lowest BCUT2D eigenvalue weighted by Gasteiger charge is -2.48. The summed E-state index contributed by atoms with van der Waals surface area (Å²) in [5.74, 6) is 1.52. The molecule has 0 spiro atoms. The van der Waals surface area contributed by atoms with Gasteiger partial charge in [-0.2, -0.15) is 0 Å². The summed E-state index contributed by atoms with van der Waals surface area (Å²) in [4.78, 5) is 2.55. The molecular formula is C25H41ClN2O2. The molecule has 0 aromatic carbocycles. The molecule has 1 aliphatic heterocycles. The Morgan fingerprint density at radius 1 is 1.30 bits per heavy atom. The molecular weight excluding hydrogens is 396 g/mol. The highest BCUT2D eigenvalue weighted by Gasteiger charge is 2.40. The number of methoxy groups -OCH3 is 1. The summed E-state index contributed by atoms with van der Waals surface area (Å²) in [5.41, 5.74) is 2.97. The molecule has 2 N–H and O–H groups in total. The van der Waals surface area contributed by atoms with Crippen LogP contribution in [0.25, 0.3) is 0 Å². The number of allylic oxidation sites excluding steroid dienone is 3. The fourth-order valence-electron chi connectivity index (χ4n) is 5.72. The van der Waals surface area contributed by atoms with Crippen molar-refractivity contribution in [3.05, 3.63) is 34.4 Å². The van der Waals surface area contributed by atoms with Crippen molar-refractivity contribution in [3.8, 4) is 0 Å². The third-order valence-electron chi connectivity index (χ3n) is 7.24. The minimum Gasteiger partial charge on any atom is -0.395 e. The SMILES string of the molecule is COCC1=CC(CN[C@H](CO)CN2CCC(C3CC=C(Cl)CC3)C(C)(C)C2)=CCC1. The first-order valence-electron chi connectivity index (χ1n) is 11.7. The number of ether oxygens (including phenoxy) is 1. The standard InChI is InChI=1S/C25H41ClN2O2/c1-25(2)18-28(12-11-24(25)21-7-9-22(26)10-8-21)15-23(16-29)27-14-19-5-4-6-20(13-19)17-30-3/h5,9,13,21,23-24,27,29H,4,6-8,10-12,14-18H2,1-3H3/t21?,23-,24?/m0/s1. The van der Waals surface area contributed by atoms with Gasteiger partial charge in [-0.3, -0.25) is 0 Å². The van der Waals surface area contributed by atoms with Crippen LogP contribution in [0.5, 0.6) is 0 Å². The van der Waals surface area contributed by atoms with E-state index in [9.17, 15) is 5.11 Å². The molecule has 0 aromatic rings. The Hall–Kier alpha value is -0.650. The van der Waals surface area contributed by atoms with Crippen LogP contribution in [0.3, 0.4) is 0 Å². The van der Waals surface area contributed by atoms with Crippen LogP contribution in [-0.2, 0) is 4.74 Å². The summed E-state index contributed by atoms with van der Waals surface area (Å²) >= 11 is 6.21. The smallest absolute Gasteiger partial charge is 0.0676 e. The van der Waals surface area contributed by atoms with Crippen LogP contribution in [0.4, 0.5) is 0 Å². The van der Waals surface area contributed by atoms with Crippen molar-refractivity contribution >= 4 is 11.6 Å². The summed E-state index contributed by atoms with van der Waals surface area (Å²) in [6, 6.07) is 0.107. The van der Waals surface area contributed by atoms with Gasteiger partial charge in [0.15, 0.2) is 0 Å². The highest BCUT2D eigenvalue weighted by molar-refractivity contribution is 6.29. The van der Waals surface area contributed by atoms with Gasteiger partial charge in [0.05, 0.1) is 13.2 Å². The van der Waals surface area contributed by atoms with E-state index in [4.69, 9.17) is 16.3 Å². The molecule has 0 radical (unpaired) electrons. The lowest BCUT2D eigenvalue weighted by molar-refractivity contribution is 0.0112. The van der Waals surface area contributed by atoms with Crippen molar-refractivity contribution in [2.45, 2.75) is 58.4 Å². The lowest BCUT2D eigenvalue weighted by atomic mass is 9.65. The van der Waals surface area contributed by atoms with E-state index in [1.807, 2.05) is 0 Å². The zero-order valence-electron chi connectivity index (χ0n) is 19.1. The van der Waals surface area contributed by atoms with Crippen molar-refractivity contribution < 1.29 is 9.84 Å². The topological polar surface area (TPSA) is 44.7 Å². The lowest BCUT2D eigenvalue weighted by Crippen LogP contribution is -2.52. The molecule has 5 heteroatoms. The Kier molecular flexibility index (Phi) is 9.03. The Labute approximate surface area is 188 Å². The average molecular weight is 437 g/mol. The van der Waals surface area contributed by atoms with Gasteiger partial charge in [0, 0.05) is 37.8 Å². The van der Waals surface area contributed by atoms with Crippen molar-refractivity contribution in [3.63, 3.8) is 0 Å². The monoisotopic (exact) mass is 436 g/mol. The molecule has 0 aromatic heterocycles. The van der Waals surface area contributed by atoms with E-state index >= 15 is 0 Å². The van der Waals surface area contributed by atoms with Gasteiger partial charge in [0.2, 0.25) is 0 Å². The molecule has 2 unspecified atom stereocenters. The maximum absolute atomic E-state index is 9.97. The van der Waals surface area contributed by atoms with Gasteiger partial charge in [0.25, 0.3) is 0 Å². The van der Waals surface area contributed by atoms with Crippen molar-refractivity contribution in [2.24, 2.45) is 17.3 Å². The number of hydrogen-bond acceptors (Lipinski definition) is 4. The van der Waals surface area contributed by atoms with Crippen LogP contribution in [0.15, 0.2) is 34.4 Å². The van der Waals surface area contributed by atoms with Crippen LogP contribution in [-0.4, -0.2) is 62.6 Å². The number of piperidine rings is 1. The van der Waals surface area contributed by atoms with E-state index in [1.54, 1.807) is 7.11 Å². The Morgan fingerprint density at radius 3 is 2.80 bits per heavy atom. The maximum atomic E-state index is 9.97. The maximum Gasteiger partial charge on any atom is 0.0676 e. The van der Waals surface area contributed by atoms with Gasteiger partial charge < -0.3 is 20.1 Å². The van der Waals surface area contributed by atoms with Gasteiger partial charge in [-0.15, -0.1) is 0 Å². The molecule has 0 bridgehead atoms.